The van der Waals surface area contributed by atoms with Crippen LogP contribution in [0.15, 0.2) is 22.6 Å². The fraction of sp³-hybridized carbons (Fsp3) is 0.357. The number of hydrogen-bond acceptors (Lipinski definition) is 4. The Morgan fingerprint density at radius 3 is 2.65 bits per heavy atom. The van der Waals surface area contributed by atoms with E-state index in [0.29, 0.717) is 11.5 Å². The zero-order valence-electron chi connectivity index (χ0n) is 11.6. The molecule has 2 aromatic rings. The minimum atomic E-state index is -1.20. The number of halogens is 1. The highest BCUT2D eigenvalue weighted by Gasteiger charge is 2.11. The van der Waals surface area contributed by atoms with Crippen LogP contribution in [0.25, 0.3) is 0 Å². The van der Waals surface area contributed by atoms with Crippen molar-refractivity contribution < 1.29 is 17.8 Å². The van der Waals surface area contributed by atoms with Crippen LogP contribution in [0.1, 0.15) is 22.9 Å². The quantitative estimate of drug-likeness (QED) is 0.851. The first-order valence-electron chi connectivity index (χ1n) is 6.10. The second-order valence-corrected chi connectivity index (χ2v) is 5.90. The average molecular weight is 297 g/mol. The van der Waals surface area contributed by atoms with Gasteiger partial charge in [0.2, 0.25) is 5.89 Å². The Morgan fingerprint density at radius 1 is 1.35 bits per heavy atom. The van der Waals surface area contributed by atoms with Crippen LogP contribution in [-0.2, 0) is 22.3 Å². The number of nitrogens with zero attached hydrogens (tertiary/aromatic N) is 1. The molecule has 0 fully saturated rings. The molecule has 0 saturated heterocycles. The lowest BCUT2D eigenvalue weighted by atomic mass is 10.2. The fourth-order valence-electron chi connectivity index (χ4n) is 1.78. The molecule has 0 N–H and O–H groups in total. The first-order valence-corrected chi connectivity index (χ1v) is 7.58. The van der Waals surface area contributed by atoms with E-state index in [9.17, 15) is 8.60 Å². The first-order chi connectivity index (χ1) is 9.49. The van der Waals surface area contributed by atoms with Crippen molar-refractivity contribution in [3.63, 3.8) is 0 Å². The van der Waals surface area contributed by atoms with Crippen LogP contribution in [0.2, 0.25) is 0 Å². The number of oxazole rings is 1. The molecule has 0 radical (unpaired) electrons. The molecule has 1 aromatic carbocycles. The average Bonchev–Trinajstić information content (AvgIpc) is 2.68. The van der Waals surface area contributed by atoms with Gasteiger partial charge in [-0.3, -0.25) is 4.21 Å². The van der Waals surface area contributed by atoms with Crippen LogP contribution >= 0.6 is 0 Å². The zero-order valence-corrected chi connectivity index (χ0v) is 12.4. The van der Waals surface area contributed by atoms with E-state index in [-0.39, 0.29) is 17.3 Å². The minimum Gasteiger partial charge on any atom is -0.494 e. The summed E-state index contributed by atoms with van der Waals surface area (Å²) in [6.45, 7) is 3.65. The summed E-state index contributed by atoms with van der Waals surface area (Å²) in [4.78, 5) is 4.18. The summed E-state index contributed by atoms with van der Waals surface area (Å²) in [5, 5.41) is 0. The molecule has 0 unspecified atom stereocenters. The maximum absolute atomic E-state index is 13.5. The van der Waals surface area contributed by atoms with Crippen molar-refractivity contribution in [2.45, 2.75) is 25.4 Å². The Hall–Kier alpha value is -1.69. The Morgan fingerprint density at radius 2 is 2.10 bits per heavy atom. The van der Waals surface area contributed by atoms with Gasteiger partial charge in [-0.15, -0.1) is 0 Å². The monoisotopic (exact) mass is 297 g/mol. The van der Waals surface area contributed by atoms with Gasteiger partial charge < -0.3 is 9.15 Å². The van der Waals surface area contributed by atoms with E-state index in [4.69, 9.17) is 9.15 Å². The highest BCUT2D eigenvalue weighted by atomic mass is 32.2. The van der Waals surface area contributed by atoms with Crippen LogP contribution in [0.5, 0.6) is 5.75 Å². The maximum atomic E-state index is 13.5. The maximum Gasteiger partial charge on any atom is 0.207 e. The van der Waals surface area contributed by atoms with Crippen LogP contribution in [0.3, 0.4) is 0 Å². The van der Waals surface area contributed by atoms with Gasteiger partial charge in [0.05, 0.1) is 12.8 Å². The molecule has 0 aliphatic heterocycles. The van der Waals surface area contributed by atoms with E-state index in [1.807, 2.05) is 13.8 Å². The molecule has 2 rings (SSSR count). The lowest BCUT2D eigenvalue weighted by Gasteiger charge is -2.04. The van der Waals surface area contributed by atoms with Crippen molar-refractivity contribution >= 4 is 10.8 Å². The second-order valence-electron chi connectivity index (χ2n) is 4.45. The third-order valence-corrected chi connectivity index (χ3v) is 4.13. The van der Waals surface area contributed by atoms with Gasteiger partial charge in [0.25, 0.3) is 0 Å². The van der Waals surface area contributed by atoms with Gasteiger partial charge in [0.15, 0.2) is 11.6 Å². The third kappa shape index (κ3) is 3.45. The van der Waals surface area contributed by atoms with Crippen LogP contribution in [-0.4, -0.2) is 16.3 Å². The third-order valence-electron chi connectivity index (χ3n) is 2.90. The predicted molar refractivity (Wildman–Crippen MR) is 74.5 cm³/mol. The smallest absolute Gasteiger partial charge is 0.207 e. The van der Waals surface area contributed by atoms with Gasteiger partial charge in [-0.1, -0.05) is 6.07 Å². The molecule has 0 bridgehead atoms. The largest absolute Gasteiger partial charge is 0.494 e. The predicted octanol–water partition coefficient (Wildman–Crippen LogP) is 2.89. The molecule has 1 atom stereocenters. The van der Waals surface area contributed by atoms with Crippen molar-refractivity contribution in [1.29, 1.82) is 0 Å². The summed E-state index contributed by atoms with van der Waals surface area (Å²) in [6, 6.07) is 4.57. The molecule has 0 aliphatic rings. The van der Waals surface area contributed by atoms with Crippen molar-refractivity contribution in [2.24, 2.45) is 0 Å². The van der Waals surface area contributed by atoms with Crippen molar-refractivity contribution in [3.8, 4) is 5.75 Å². The molecule has 6 heteroatoms. The molecule has 0 amide bonds. The summed E-state index contributed by atoms with van der Waals surface area (Å²) >= 11 is 0. The Kier molecular flexibility index (Phi) is 4.54. The molecular weight excluding hydrogens is 281 g/mol. The van der Waals surface area contributed by atoms with Gasteiger partial charge in [-0.25, -0.2) is 9.37 Å². The van der Waals surface area contributed by atoms with Crippen molar-refractivity contribution in [3.05, 3.63) is 46.9 Å². The summed E-state index contributed by atoms with van der Waals surface area (Å²) < 4.78 is 35.8. The Labute approximate surface area is 119 Å². The van der Waals surface area contributed by atoms with Crippen LogP contribution in [0.4, 0.5) is 4.39 Å². The molecule has 4 nitrogen and oxygen atoms in total. The lowest BCUT2D eigenvalue weighted by Crippen LogP contribution is -2.01. The van der Waals surface area contributed by atoms with Crippen LogP contribution in [0, 0.1) is 19.7 Å². The van der Waals surface area contributed by atoms with Gasteiger partial charge >= 0.3 is 0 Å². The van der Waals surface area contributed by atoms with Gasteiger partial charge in [0.1, 0.15) is 11.5 Å². The number of aromatic nitrogens is 1. The summed E-state index contributed by atoms with van der Waals surface area (Å²) in [7, 11) is 0.209. The number of benzene rings is 1. The first kappa shape index (κ1) is 14.7. The Bertz CT molecular complexity index is 620. The molecule has 108 valence electrons. The number of ether oxygens (including phenoxy) is 1. The van der Waals surface area contributed by atoms with Gasteiger partial charge in [-0.05, 0) is 31.5 Å². The van der Waals surface area contributed by atoms with Gasteiger partial charge in [0, 0.05) is 16.6 Å². The fourth-order valence-corrected chi connectivity index (χ4v) is 2.83. The van der Waals surface area contributed by atoms with E-state index >= 15 is 0 Å². The number of aryl methyl sites for hydroxylation is 2. The van der Waals surface area contributed by atoms with E-state index < -0.39 is 16.6 Å². The minimum absolute atomic E-state index is 0.179. The highest BCUT2D eigenvalue weighted by Crippen LogP contribution is 2.19. The normalized spacial score (nSPS) is 12.4. The van der Waals surface area contributed by atoms with E-state index in [1.54, 1.807) is 6.07 Å². The summed E-state index contributed by atoms with van der Waals surface area (Å²) in [5.74, 6) is 1.38. The second kappa shape index (κ2) is 6.17. The zero-order chi connectivity index (χ0) is 14.7. The molecule has 0 aliphatic carbocycles. The topological polar surface area (TPSA) is 52.3 Å². The molecule has 0 spiro atoms. The number of methoxy groups -OCH3 is 1. The lowest BCUT2D eigenvalue weighted by molar-refractivity contribution is 0.386. The molecule has 1 aromatic heterocycles. The van der Waals surface area contributed by atoms with E-state index in [0.717, 1.165) is 11.5 Å². The molecule has 1 heterocycles. The summed E-state index contributed by atoms with van der Waals surface area (Å²) in [6.07, 6.45) is 0. The number of rotatable bonds is 5. The molecular formula is C14H16FNO3S. The standard InChI is InChI=1S/C14H16FNO3S/c1-9-10(2)19-14(16-9)8-20(17)7-11-4-5-13(18-3)12(15)6-11/h4-6H,7-8H2,1-3H3/t20-/m0/s1. The Balaban J connectivity index is 2.02. The number of hydrogen-bond donors (Lipinski definition) is 0. The molecule has 20 heavy (non-hydrogen) atoms. The van der Waals surface area contributed by atoms with E-state index in [1.165, 1.54) is 19.2 Å². The van der Waals surface area contributed by atoms with Crippen molar-refractivity contribution in [2.75, 3.05) is 7.11 Å². The van der Waals surface area contributed by atoms with Gasteiger partial charge in [-0.2, -0.15) is 0 Å². The molecule has 0 saturated carbocycles. The highest BCUT2D eigenvalue weighted by molar-refractivity contribution is 7.83. The van der Waals surface area contributed by atoms with Crippen molar-refractivity contribution in [1.82, 2.24) is 4.98 Å². The van der Waals surface area contributed by atoms with E-state index in [2.05, 4.69) is 4.98 Å². The van der Waals surface area contributed by atoms with Crippen LogP contribution < -0.4 is 4.74 Å². The SMILES string of the molecule is COc1ccc(C[S@](=O)Cc2nc(C)c(C)o2)cc1F. The summed E-state index contributed by atoms with van der Waals surface area (Å²) in [5.41, 5.74) is 1.45.